The number of rotatable bonds is 4. The van der Waals surface area contributed by atoms with Gasteiger partial charge in [-0.25, -0.2) is 9.18 Å². The molecule has 23 heavy (non-hydrogen) atoms. The van der Waals surface area contributed by atoms with Gasteiger partial charge in [-0.1, -0.05) is 42.5 Å². The van der Waals surface area contributed by atoms with Crippen molar-refractivity contribution < 1.29 is 13.9 Å². The van der Waals surface area contributed by atoms with E-state index in [1.165, 1.54) is 24.4 Å². The fourth-order valence-electron chi connectivity index (χ4n) is 2.25. The second kappa shape index (κ2) is 6.44. The number of esters is 1. The second-order valence-electron chi connectivity index (χ2n) is 5.11. The van der Waals surface area contributed by atoms with Crippen molar-refractivity contribution in [3.8, 4) is 5.75 Å². The van der Waals surface area contributed by atoms with Gasteiger partial charge in [-0.05, 0) is 24.6 Å². The lowest BCUT2D eigenvalue weighted by atomic mass is 10.2. The third kappa shape index (κ3) is 3.29. The summed E-state index contributed by atoms with van der Waals surface area (Å²) in [6.07, 6.45) is 1.45. The number of benzene rings is 2. The van der Waals surface area contributed by atoms with Crippen LogP contribution < -0.4 is 4.74 Å². The van der Waals surface area contributed by atoms with E-state index < -0.39 is 11.8 Å². The van der Waals surface area contributed by atoms with E-state index in [0.29, 0.717) is 17.8 Å². The fraction of sp³-hybridized carbons (Fsp3) is 0.111. The van der Waals surface area contributed by atoms with Crippen LogP contribution in [0.15, 0.2) is 60.8 Å². The molecule has 0 aliphatic carbocycles. The van der Waals surface area contributed by atoms with Crippen LogP contribution in [-0.4, -0.2) is 15.7 Å². The Balaban J connectivity index is 1.79. The number of aromatic nitrogens is 2. The Labute approximate surface area is 133 Å². The predicted octanol–water partition coefficient (Wildman–Crippen LogP) is 3.60. The van der Waals surface area contributed by atoms with Crippen LogP contribution in [0.4, 0.5) is 4.39 Å². The van der Waals surface area contributed by atoms with E-state index in [9.17, 15) is 9.18 Å². The van der Waals surface area contributed by atoms with Crippen LogP contribution in [0.3, 0.4) is 0 Å². The number of ether oxygens (including phenoxy) is 1. The Morgan fingerprint density at radius 1 is 1.13 bits per heavy atom. The minimum Gasteiger partial charge on any atom is -0.420 e. The van der Waals surface area contributed by atoms with Crippen LogP contribution >= 0.6 is 0 Å². The number of hydrogen-bond acceptors (Lipinski definition) is 3. The molecule has 0 bridgehead atoms. The molecule has 3 aromatic rings. The highest BCUT2D eigenvalue weighted by Gasteiger charge is 2.17. The van der Waals surface area contributed by atoms with Crippen molar-refractivity contribution in [2.45, 2.75) is 13.5 Å². The maximum absolute atomic E-state index is 13.6. The molecule has 0 aliphatic heterocycles. The molecule has 0 atom stereocenters. The fourth-order valence-corrected chi connectivity index (χ4v) is 2.25. The topological polar surface area (TPSA) is 44.1 Å². The molecule has 2 aromatic carbocycles. The summed E-state index contributed by atoms with van der Waals surface area (Å²) in [5.74, 6) is -1.28. The first-order chi connectivity index (χ1) is 11.1. The zero-order valence-electron chi connectivity index (χ0n) is 12.6. The molecule has 116 valence electrons. The molecule has 0 N–H and O–H groups in total. The number of para-hydroxylation sites is 1. The lowest BCUT2D eigenvalue weighted by Gasteiger charge is -2.06. The molecule has 0 fully saturated rings. The van der Waals surface area contributed by atoms with Crippen molar-refractivity contribution >= 4 is 5.97 Å². The van der Waals surface area contributed by atoms with E-state index in [1.807, 2.05) is 30.3 Å². The molecule has 0 radical (unpaired) electrons. The molecule has 0 unspecified atom stereocenters. The van der Waals surface area contributed by atoms with E-state index >= 15 is 0 Å². The van der Waals surface area contributed by atoms with E-state index in [2.05, 4.69) is 5.10 Å². The standard InChI is InChI=1S/C18H15FN2O2/c1-13-15(18(22)23-17-10-6-5-9-16(17)19)11-20-21(13)12-14-7-3-2-4-8-14/h2-11H,12H2,1H3. The average molecular weight is 310 g/mol. The number of nitrogens with zero attached hydrogens (tertiary/aromatic N) is 2. The third-order valence-corrected chi connectivity index (χ3v) is 3.54. The lowest BCUT2D eigenvalue weighted by Crippen LogP contribution is -2.11. The summed E-state index contributed by atoms with van der Waals surface area (Å²) in [5, 5.41) is 4.22. The van der Waals surface area contributed by atoms with Gasteiger partial charge >= 0.3 is 5.97 Å². The quantitative estimate of drug-likeness (QED) is 0.546. The molecule has 5 heteroatoms. The van der Waals surface area contributed by atoms with Crippen LogP contribution in [0.5, 0.6) is 5.75 Å². The highest BCUT2D eigenvalue weighted by molar-refractivity contribution is 5.91. The van der Waals surface area contributed by atoms with Gasteiger partial charge in [0.1, 0.15) is 5.56 Å². The zero-order valence-corrected chi connectivity index (χ0v) is 12.6. The Hall–Kier alpha value is -2.95. The van der Waals surface area contributed by atoms with Crippen LogP contribution in [0.1, 0.15) is 21.6 Å². The average Bonchev–Trinajstić information content (AvgIpc) is 2.92. The van der Waals surface area contributed by atoms with E-state index in [0.717, 1.165) is 5.56 Å². The van der Waals surface area contributed by atoms with Gasteiger partial charge in [0.2, 0.25) is 0 Å². The van der Waals surface area contributed by atoms with Gasteiger partial charge in [0.25, 0.3) is 0 Å². The first-order valence-corrected chi connectivity index (χ1v) is 7.18. The molecule has 0 spiro atoms. The first-order valence-electron chi connectivity index (χ1n) is 7.18. The smallest absolute Gasteiger partial charge is 0.347 e. The second-order valence-corrected chi connectivity index (χ2v) is 5.11. The lowest BCUT2D eigenvalue weighted by molar-refractivity contribution is 0.0727. The van der Waals surface area contributed by atoms with E-state index in [-0.39, 0.29) is 5.75 Å². The SMILES string of the molecule is Cc1c(C(=O)Oc2ccccc2F)cnn1Cc1ccccc1. The maximum atomic E-state index is 13.6. The summed E-state index contributed by atoms with van der Waals surface area (Å²) in [6.45, 7) is 2.34. The molecular weight excluding hydrogens is 295 g/mol. The van der Waals surface area contributed by atoms with Crippen LogP contribution in [-0.2, 0) is 6.54 Å². The van der Waals surface area contributed by atoms with Gasteiger partial charge < -0.3 is 4.74 Å². The first kappa shape index (κ1) is 15.0. The Bertz CT molecular complexity index is 828. The maximum Gasteiger partial charge on any atom is 0.347 e. The predicted molar refractivity (Wildman–Crippen MR) is 83.9 cm³/mol. The summed E-state index contributed by atoms with van der Waals surface area (Å²) >= 11 is 0. The molecular formula is C18H15FN2O2. The minimum atomic E-state index is -0.619. The van der Waals surface area contributed by atoms with Crippen molar-refractivity contribution in [1.82, 2.24) is 9.78 Å². The monoisotopic (exact) mass is 310 g/mol. The van der Waals surface area contributed by atoms with E-state index in [1.54, 1.807) is 17.7 Å². The molecule has 1 heterocycles. The number of carbonyl (C=O) groups excluding carboxylic acids is 1. The summed E-state index contributed by atoms with van der Waals surface area (Å²) in [6, 6.07) is 15.6. The van der Waals surface area contributed by atoms with Gasteiger partial charge in [-0.2, -0.15) is 5.10 Å². The van der Waals surface area contributed by atoms with Gasteiger partial charge in [-0.15, -0.1) is 0 Å². The summed E-state index contributed by atoms with van der Waals surface area (Å²) in [7, 11) is 0. The molecule has 0 aliphatic rings. The van der Waals surface area contributed by atoms with Gasteiger partial charge in [0.05, 0.1) is 18.4 Å². The molecule has 0 saturated carbocycles. The van der Waals surface area contributed by atoms with Crippen LogP contribution in [0, 0.1) is 12.7 Å². The molecule has 0 saturated heterocycles. The molecule has 0 amide bonds. The van der Waals surface area contributed by atoms with Crippen LogP contribution in [0.25, 0.3) is 0 Å². The number of carbonyl (C=O) groups is 1. The number of hydrogen-bond donors (Lipinski definition) is 0. The Kier molecular flexibility index (Phi) is 4.19. The van der Waals surface area contributed by atoms with Gasteiger partial charge in [-0.3, -0.25) is 4.68 Å². The summed E-state index contributed by atoms with van der Waals surface area (Å²) < 4.78 is 20.4. The van der Waals surface area contributed by atoms with Gasteiger partial charge in [0.15, 0.2) is 11.6 Å². The third-order valence-electron chi connectivity index (χ3n) is 3.54. The zero-order chi connectivity index (χ0) is 16.2. The normalized spacial score (nSPS) is 10.5. The van der Waals surface area contributed by atoms with Crippen molar-refractivity contribution in [1.29, 1.82) is 0 Å². The minimum absolute atomic E-state index is 0.0901. The van der Waals surface area contributed by atoms with Gasteiger partial charge in [0, 0.05) is 0 Å². The van der Waals surface area contributed by atoms with Crippen molar-refractivity contribution in [3.63, 3.8) is 0 Å². The van der Waals surface area contributed by atoms with Crippen molar-refractivity contribution in [3.05, 3.63) is 83.4 Å². The Morgan fingerprint density at radius 2 is 1.83 bits per heavy atom. The summed E-state index contributed by atoms with van der Waals surface area (Å²) in [4.78, 5) is 12.2. The highest BCUT2D eigenvalue weighted by Crippen LogP contribution is 2.18. The number of halogens is 1. The summed E-state index contributed by atoms with van der Waals surface area (Å²) in [5.41, 5.74) is 2.08. The molecule has 3 rings (SSSR count). The van der Waals surface area contributed by atoms with E-state index in [4.69, 9.17) is 4.74 Å². The largest absolute Gasteiger partial charge is 0.420 e. The van der Waals surface area contributed by atoms with Crippen molar-refractivity contribution in [2.75, 3.05) is 0 Å². The highest BCUT2D eigenvalue weighted by atomic mass is 19.1. The van der Waals surface area contributed by atoms with Crippen LogP contribution in [0.2, 0.25) is 0 Å². The molecule has 1 aromatic heterocycles. The molecule has 4 nitrogen and oxygen atoms in total. The van der Waals surface area contributed by atoms with Crippen molar-refractivity contribution in [2.24, 2.45) is 0 Å². The Morgan fingerprint density at radius 3 is 2.57 bits per heavy atom.